The van der Waals surface area contributed by atoms with Crippen LogP contribution in [0.2, 0.25) is 0 Å². The predicted octanol–water partition coefficient (Wildman–Crippen LogP) is 2.89. The fourth-order valence-electron chi connectivity index (χ4n) is 2.72. The summed E-state index contributed by atoms with van der Waals surface area (Å²) in [6.07, 6.45) is 2.15. The van der Waals surface area contributed by atoms with Crippen LogP contribution in [-0.4, -0.2) is 38.7 Å². The molecule has 1 N–H and O–H groups in total. The third kappa shape index (κ3) is 4.53. The summed E-state index contributed by atoms with van der Waals surface area (Å²) >= 11 is 3.43. The van der Waals surface area contributed by atoms with Gasteiger partial charge in [0.2, 0.25) is 5.89 Å². The topological polar surface area (TPSA) is 79.5 Å². The SMILES string of the molecule is Cl.O=C(O)C1CCCN1Cc1nc(Cc2cccc(Br)c2)no1. The Morgan fingerprint density at radius 2 is 2.30 bits per heavy atom. The van der Waals surface area contributed by atoms with Crippen LogP contribution in [0, 0.1) is 0 Å². The van der Waals surface area contributed by atoms with Crippen LogP contribution < -0.4 is 0 Å². The van der Waals surface area contributed by atoms with Crippen molar-refractivity contribution in [1.29, 1.82) is 0 Å². The molecule has 1 atom stereocenters. The molecule has 3 rings (SSSR count). The van der Waals surface area contributed by atoms with Crippen LogP contribution >= 0.6 is 28.3 Å². The minimum Gasteiger partial charge on any atom is -0.480 e. The van der Waals surface area contributed by atoms with Crippen LogP contribution in [0.5, 0.6) is 0 Å². The number of benzene rings is 1. The van der Waals surface area contributed by atoms with E-state index in [2.05, 4.69) is 26.1 Å². The number of carboxylic acid groups (broad SMARTS) is 1. The molecule has 1 aliphatic rings. The highest BCUT2D eigenvalue weighted by Crippen LogP contribution is 2.20. The highest BCUT2D eigenvalue weighted by atomic mass is 79.9. The van der Waals surface area contributed by atoms with Crippen molar-refractivity contribution in [1.82, 2.24) is 15.0 Å². The average Bonchev–Trinajstić information content (AvgIpc) is 3.09. The number of rotatable bonds is 5. The Morgan fingerprint density at radius 1 is 1.48 bits per heavy atom. The molecule has 1 aromatic carbocycles. The molecule has 124 valence electrons. The third-order valence-corrected chi connectivity index (χ3v) is 4.24. The third-order valence-electron chi connectivity index (χ3n) is 3.75. The zero-order chi connectivity index (χ0) is 15.5. The molecule has 8 heteroatoms. The molecule has 0 saturated carbocycles. The molecule has 0 spiro atoms. The van der Waals surface area contributed by atoms with Crippen molar-refractivity contribution in [2.45, 2.75) is 31.8 Å². The molecule has 2 aromatic rings. The van der Waals surface area contributed by atoms with E-state index in [4.69, 9.17) is 4.52 Å². The van der Waals surface area contributed by atoms with Gasteiger partial charge in [-0.2, -0.15) is 4.98 Å². The van der Waals surface area contributed by atoms with Gasteiger partial charge in [-0.3, -0.25) is 9.69 Å². The summed E-state index contributed by atoms with van der Waals surface area (Å²) in [6.45, 7) is 1.14. The van der Waals surface area contributed by atoms with Crippen LogP contribution in [0.4, 0.5) is 0 Å². The van der Waals surface area contributed by atoms with Gasteiger partial charge in [0.15, 0.2) is 5.82 Å². The van der Waals surface area contributed by atoms with Gasteiger partial charge in [0.1, 0.15) is 6.04 Å². The molecule has 6 nitrogen and oxygen atoms in total. The zero-order valence-electron chi connectivity index (χ0n) is 12.3. The lowest BCUT2D eigenvalue weighted by Gasteiger charge is -2.18. The van der Waals surface area contributed by atoms with E-state index in [-0.39, 0.29) is 12.4 Å². The molecule has 0 bridgehead atoms. The summed E-state index contributed by atoms with van der Waals surface area (Å²) in [5.74, 6) is 0.295. The first kappa shape index (κ1) is 17.9. The normalized spacial score (nSPS) is 17.9. The monoisotopic (exact) mass is 401 g/mol. The van der Waals surface area contributed by atoms with Crippen molar-refractivity contribution in [2.75, 3.05) is 6.54 Å². The first-order chi connectivity index (χ1) is 10.6. The van der Waals surface area contributed by atoms with E-state index in [1.807, 2.05) is 29.2 Å². The highest BCUT2D eigenvalue weighted by molar-refractivity contribution is 9.10. The van der Waals surface area contributed by atoms with Gasteiger partial charge in [0.05, 0.1) is 6.54 Å². The molecule has 1 aromatic heterocycles. The van der Waals surface area contributed by atoms with E-state index < -0.39 is 12.0 Å². The fraction of sp³-hybridized carbons (Fsp3) is 0.400. The summed E-state index contributed by atoms with van der Waals surface area (Å²) in [5, 5.41) is 13.2. The molecule has 1 saturated heterocycles. The van der Waals surface area contributed by atoms with Crippen molar-refractivity contribution in [2.24, 2.45) is 0 Å². The number of halogens is 2. The summed E-state index contributed by atoms with van der Waals surface area (Å²) in [5.41, 5.74) is 1.09. The largest absolute Gasteiger partial charge is 0.480 e. The van der Waals surface area contributed by atoms with Crippen molar-refractivity contribution < 1.29 is 14.4 Å². The second kappa shape index (κ2) is 7.90. The maximum Gasteiger partial charge on any atom is 0.320 e. The van der Waals surface area contributed by atoms with Crippen LogP contribution in [0.3, 0.4) is 0 Å². The number of carbonyl (C=O) groups is 1. The van der Waals surface area contributed by atoms with E-state index in [1.54, 1.807) is 0 Å². The lowest BCUT2D eigenvalue weighted by molar-refractivity contribution is -0.142. The minimum absolute atomic E-state index is 0. The first-order valence-electron chi connectivity index (χ1n) is 7.14. The number of nitrogens with zero attached hydrogens (tertiary/aromatic N) is 3. The number of likely N-dealkylation sites (tertiary alicyclic amines) is 1. The van der Waals surface area contributed by atoms with Gasteiger partial charge in [-0.1, -0.05) is 33.2 Å². The maximum atomic E-state index is 11.2. The summed E-state index contributed by atoms with van der Waals surface area (Å²) in [4.78, 5) is 17.4. The second-order valence-electron chi connectivity index (χ2n) is 5.38. The molecular formula is C15H17BrClN3O3. The molecule has 2 heterocycles. The van der Waals surface area contributed by atoms with Crippen LogP contribution in [0.15, 0.2) is 33.3 Å². The predicted molar refractivity (Wildman–Crippen MR) is 89.6 cm³/mol. The van der Waals surface area contributed by atoms with E-state index >= 15 is 0 Å². The van der Waals surface area contributed by atoms with Crippen molar-refractivity contribution in [3.63, 3.8) is 0 Å². The number of aliphatic carboxylic acids is 1. The quantitative estimate of drug-likeness (QED) is 0.828. The molecule has 0 amide bonds. The molecule has 1 aliphatic heterocycles. The van der Waals surface area contributed by atoms with Crippen molar-refractivity contribution in [3.05, 3.63) is 46.0 Å². The van der Waals surface area contributed by atoms with E-state index in [1.165, 1.54) is 0 Å². The number of carboxylic acids is 1. The smallest absolute Gasteiger partial charge is 0.320 e. The van der Waals surface area contributed by atoms with E-state index in [0.717, 1.165) is 23.0 Å². The van der Waals surface area contributed by atoms with Gasteiger partial charge < -0.3 is 9.63 Å². The van der Waals surface area contributed by atoms with E-state index in [9.17, 15) is 9.90 Å². The maximum absolute atomic E-state index is 11.2. The Hall–Kier alpha value is -1.44. The number of hydrogen-bond acceptors (Lipinski definition) is 5. The number of aromatic nitrogens is 2. The van der Waals surface area contributed by atoms with Crippen LogP contribution in [-0.2, 0) is 17.8 Å². The number of hydrogen-bond donors (Lipinski definition) is 1. The lowest BCUT2D eigenvalue weighted by Crippen LogP contribution is -2.35. The van der Waals surface area contributed by atoms with Gasteiger partial charge >= 0.3 is 5.97 Å². The van der Waals surface area contributed by atoms with Gasteiger partial charge in [0, 0.05) is 10.9 Å². The Labute approximate surface area is 148 Å². The standard InChI is InChI=1S/C15H16BrN3O3.ClH/c16-11-4-1-3-10(7-11)8-13-17-14(22-18-13)9-19-6-2-5-12(19)15(20)21;/h1,3-4,7,12H,2,5-6,8-9H2,(H,20,21);1H. The van der Waals surface area contributed by atoms with Gasteiger partial charge in [-0.25, -0.2) is 0 Å². The van der Waals surface area contributed by atoms with Crippen LogP contribution in [0.25, 0.3) is 0 Å². The second-order valence-corrected chi connectivity index (χ2v) is 6.29. The first-order valence-corrected chi connectivity index (χ1v) is 7.94. The average molecular weight is 403 g/mol. The van der Waals surface area contributed by atoms with E-state index in [0.29, 0.717) is 31.1 Å². The Kier molecular flexibility index (Phi) is 6.15. The Balaban J connectivity index is 0.00000192. The Bertz CT molecular complexity index is 679. The van der Waals surface area contributed by atoms with Gasteiger partial charge in [-0.15, -0.1) is 12.4 Å². The van der Waals surface area contributed by atoms with Crippen LogP contribution in [0.1, 0.15) is 30.1 Å². The minimum atomic E-state index is -0.786. The molecule has 1 fully saturated rings. The molecule has 0 aliphatic carbocycles. The van der Waals surface area contributed by atoms with Gasteiger partial charge in [0.25, 0.3) is 0 Å². The molecule has 0 radical (unpaired) electrons. The fourth-order valence-corrected chi connectivity index (χ4v) is 3.17. The zero-order valence-corrected chi connectivity index (χ0v) is 14.7. The van der Waals surface area contributed by atoms with Crippen molar-refractivity contribution in [3.8, 4) is 0 Å². The lowest BCUT2D eigenvalue weighted by atomic mass is 10.1. The summed E-state index contributed by atoms with van der Waals surface area (Å²) < 4.78 is 6.26. The molecule has 1 unspecified atom stereocenters. The summed E-state index contributed by atoms with van der Waals surface area (Å²) in [6, 6.07) is 7.49. The Morgan fingerprint density at radius 3 is 3.04 bits per heavy atom. The van der Waals surface area contributed by atoms with Crippen molar-refractivity contribution >= 4 is 34.3 Å². The molecule has 23 heavy (non-hydrogen) atoms. The molecular weight excluding hydrogens is 386 g/mol. The van der Waals surface area contributed by atoms with Gasteiger partial charge in [-0.05, 0) is 37.1 Å². The summed E-state index contributed by atoms with van der Waals surface area (Å²) in [7, 11) is 0. The highest BCUT2D eigenvalue weighted by Gasteiger charge is 2.31.